The highest BCUT2D eigenvalue weighted by atomic mass is 14.2. The fraction of sp³-hybridized carbons (Fsp3) is 0.500. The predicted molar refractivity (Wildman–Crippen MR) is 55.1 cm³/mol. The standard InChI is InChI=1S/C12H18/c1-5-11-9-10(2)7-6-8-12(11,3)4/h6-9H,5H2,1-4H3. The van der Waals surface area contributed by atoms with Crippen molar-refractivity contribution in [2.24, 2.45) is 5.41 Å². The third kappa shape index (κ3) is 1.88. The molecule has 12 heavy (non-hydrogen) atoms. The largest absolute Gasteiger partial charge is 0.0748 e. The molecule has 0 unspecified atom stereocenters. The van der Waals surface area contributed by atoms with Gasteiger partial charge in [0.05, 0.1) is 0 Å². The topological polar surface area (TPSA) is 0 Å². The maximum atomic E-state index is 2.31. The van der Waals surface area contributed by atoms with Gasteiger partial charge in [-0.05, 0) is 13.3 Å². The summed E-state index contributed by atoms with van der Waals surface area (Å²) in [5.74, 6) is 0. The van der Waals surface area contributed by atoms with E-state index in [1.807, 2.05) is 0 Å². The average Bonchev–Trinajstić information content (AvgIpc) is 2.10. The Balaban J connectivity index is 3.05. The first kappa shape index (κ1) is 9.31. The molecule has 0 aliphatic heterocycles. The highest BCUT2D eigenvalue weighted by Gasteiger charge is 2.18. The summed E-state index contributed by atoms with van der Waals surface area (Å²) < 4.78 is 0. The van der Waals surface area contributed by atoms with Crippen molar-refractivity contribution in [3.8, 4) is 0 Å². The van der Waals surface area contributed by atoms with E-state index in [9.17, 15) is 0 Å². The molecule has 0 aromatic rings. The van der Waals surface area contributed by atoms with Gasteiger partial charge in [0, 0.05) is 5.41 Å². The van der Waals surface area contributed by atoms with E-state index in [0.717, 1.165) is 6.42 Å². The summed E-state index contributed by atoms with van der Waals surface area (Å²) in [5, 5.41) is 0. The fourth-order valence-corrected chi connectivity index (χ4v) is 1.61. The van der Waals surface area contributed by atoms with Crippen molar-refractivity contribution < 1.29 is 0 Å². The molecule has 0 saturated carbocycles. The van der Waals surface area contributed by atoms with Gasteiger partial charge in [-0.25, -0.2) is 0 Å². The average molecular weight is 162 g/mol. The molecule has 1 aliphatic rings. The van der Waals surface area contributed by atoms with E-state index in [1.165, 1.54) is 11.1 Å². The lowest BCUT2D eigenvalue weighted by Crippen LogP contribution is -2.10. The summed E-state index contributed by atoms with van der Waals surface area (Å²) in [6.07, 6.45) is 10.1. The van der Waals surface area contributed by atoms with Crippen molar-refractivity contribution in [2.45, 2.75) is 34.1 Å². The number of rotatable bonds is 1. The zero-order chi connectivity index (χ0) is 9.19. The SMILES string of the molecule is CCC1=CC(C)=CC=CC1(C)C. The Morgan fingerprint density at radius 1 is 1.33 bits per heavy atom. The van der Waals surface area contributed by atoms with Crippen molar-refractivity contribution in [1.82, 2.24) is 0 Å². The Morgan fingerprint density at radius 2 is 2.00 bits per heavy atom. The van der Waals surface area contributed by atoms with E-state index in [-0.39, 0.29) is 5.41 Å². The highest BCUT2D eigenvalue weighted by Crippen LogP contribution is 2.32. The van der Waals surface area contributed by atoms with Crippen molar-refractivity contribution in [1.29, 1.82) is 0 Å². The quantitative estimate of drug-likeness (QED) is 0.549. The molecule has 0 fully saturated rings. The first-order valence-electron chi connectivity index (χ1n) is 4.63. The Kier molecular flexibility index (Phi) is 2.56. The van der Waals surface area contributed by atoms with Gasteiger partial charge in [0.25, 0.3) is 0 Å². The maximum absolute atomic E-state index is 2.31. The van der Waals surface area contributed by atoms with Gasteiger partial charge < -0.3 is 0 Å². The van der Waals surface area contributed by atoms with Crippen molar-refractivity contribution in [3.63, 3.8) is 0 Å². The number of hydrogen-bond donors (Lipinski definition) is 0. The zero-order valence-electron chi connectivity index (χ0n) is 8.52. The molecular formula is C12H18. The van der Waals surface area contributed by atoms with Crippen LogP contribution in [0.5, 0.6) is 0 Å². The number of hydrogen-bond acceptors (Lipinski definition) is 0. The minimum Gasteiger partial charge on any atom is -0.0748 e. The summed E-state index contributed by atoms with van der Waals surface area (Å²) in [4.78, 5) is 0. The third-order valence-electron chi connectivity index (χ3n) is 2.48. The van der Waals surface area contributed by atoms with Crippen LogP contribution in [0.4, 0.5) is 0 Å². The maximum Gasteiger partial charge on any atom is 0.00404 e. The Morgan fingerprint density at radius 3 is 2.58 bits per heavy atom. The van der Waals surface area contributed by atoms with E-state index in [1.54, 1.807) is 0 Å². The van der Waals surface area contributed by atoms with Crippen LogP contribution in [-0.2, 0) is 0 Å². The van der Waals surface area contributed by atoms with Crippen LogP contribution >= 0.6 is 0 Å². The second-order valence-corrected chi connectivity index (χ2v) is 4.01. The minimum absolute atomic E-state index is 0.239. The van der Waals surface area contributed by atoms with Gasteiger partial charge >= 0.3 is 0 Å². The predicted octanol–water partition coefficient (Wildman–Crippen LogP) is 3.87. The zero-order valence-corrected chi connectivity index (χ0v) is 8.52. The lowest BCUT2D eigenvalue weighted by atomic mass is 9.82. The first-order chi connectivity index (χ1) is 5.56. The summed E-state index contributed by atoms with van der Waals surface area (Å²) >= 11 is 0. The molecule has 0 radical (unpaired) electrons. The van der Waals surface area contributed by atoms with Crippen LogP contribution in [-0.4, -0.2) is 0 Å². The summed E-state index contributed by atoms with van der Waals surface area (Å²) in [6, 6.07) is 0. The minimum atomic E-state index is 0.239. The lowest BCUT2D eigenvalue weighted by Gasteiger charge is -2.22. The van der Waals surface area contributed by atoms with Crippen LogP contribution in [0, 0.1) is 5.41 Å². The van der Waals surface area contributed by atoms with Crippen LogP contribution in [0.2, 0.25) is 0 Å². The van der Waals surface area contributed by atoms with Gasteiger partial charge in [-0.15, -0.1) is 0 Å². The molecule has 1 aliphatic carbocycles. The fourth-order valence-electron chi connectivity index (χ4n) is 1.61. The Labute approximate surface area is 75.7 Å². The van der Waals surface area contributed by atoms with Gasteiger partial charge in [0.2, 0.25) is 0 Å². The summed E-state index contributed by atoms with van der Waals surface area (Å²) in [7, 11) is 0. The normalized spacial score (nSPS) is 21.3. The van der Waals surface area contributed by atoms with Gasteiger partial charge in [-0.3, -0.25) is 0 Å². The second-order valence-electron chi connectivity index (χ2n) is 4.01. The van der Waals surface area contributed by atoms with Crippen LogP contribution in [0.25, 0.3) is 0 Å². The summed E-state index contributed by atoms with van der Waals surface area (Å²) in [5.41, 5.74) is 3.11. The Hall–Kier alpha value is -0.780. The molecule has 0 aromatic heterocycles. The van der Waals surface area contributed by atoms with Crippen LogP contribution in [0.1, 0.15) is 34.1 Å². The van der Waals surface area contributed by atoms with Crippen molar-refractivity contribution in [2.75, 3.05) is 0 Å². The van der Waals surface area contributed by atoms with E-state index in [0.29, 0.717) is 0 Å². The molecule has 1 rings (SSSR count). The van der Waals surface area contributed by atoms with Gasteiger partial charge in [-0.1, -0.05) is 56.2 Å². The van der Waals surface area contributed by atoms with E-state index >= 15 is 0 Å². The van der Waals surface area contributed by atoms with Crippen molar-refractivity contribution in [3.05, 3.63) is 35.5 Å². The second kappa shape index (κ2) is 3.30. The summed E-state index contributed by atoms with van der Waals surface area (Å²) in [6.45, 7) is 8.91. The lowest BCUT2D eigenvalue weighted by molar-refractivity contribution is 0.560. The van der Waals surface area contributed by atoms with Crippen molar-refractivity contribution >= 4 is 0 Å². The molecule has 0 atom stereocenters. The van der Waals surface area contributed by atoms with Crippen LogP contribution in [0.15, 0.2) is 35.5 Å². The molecule has 0 saturated heterocycles. The smallest absolute Gasteiger partial charge is 0.00404 e. The highest BCUT2D eigenvalue weighted by molar-refractivity contribution is 5.35. The molecule has 0 aromatic carbocycles. The Bertz CT molecular complexity index is 249. The molecular weight excluding hydrogens is 144 g/mol. The van der Waals surface area contributed by atoms with E-state index in [4.69, 9.17) is 0 Å². The van der Waals surface area contributed by atoms with Gasteiger partial charge in [-0.2, -0.15) is 0 Å². The molecule has 0 bridgehead atoms. The third-order valence-corrected chi connectivity index (χ3v) is 2.48. The van der Waals surface area contributed by atoms with Gasteiger partial charge in [0.15, 0.2) is 0 Å². The molecule has 0 amide bonds. The molecule has 0 heterocycles. The molecule has 0 nitrogen and oxygen atoms in total. The monoisotopic (exact) mass is 162 g/mol. The molecule has 0 N–H and O–H groups in total. The van der Waals surface area contributed by atoms with E-state index in [2.05, 4.69) is 52.0 Å². The van der Waals surface area contributed by atoms with E-state index < -0.39 is 0 Å². The molecule has 0 heteroatoms. The van der Waals surface area contributed by atoms with Crippen LogP contribution in [0.3, 0.4) is 0 Å². The number of allylic oxidation sites excluding steroid dienone is 6. The van der Waals surface area contributed by atoms with Gasteiger partial charge in [0.1, 0.15) is 0 Å². The van der Waals surface area contributed by atoms with Crippen LogP contribution < -0.4 is 0 Å². The molecule has 66 valence electrons. The molecule has 0 spiro atoms. The first-order valence-corrected chi connectivity index (χ1v) is 4.63.